The first-order valence-electron chi connectivity index (χ1n) is 6.76. The number of hydrogen-bond acceptors (Lipinski definition) is 3. The van der Waals surface area contributed by atoms with Gasteiger partial charge in [-0.05, 0) is 29.3 Å². The summed E-state index contributed by atoms with van der Waals surface area (Å²) in [7, 11) is 0. The fourth-order valence-corrected chi connectivity index (χ4v) is 2.55. The van der Waals surface area contributed by atoms with E-state index in [0.29, 0.717) is 5.69 Å². The van der Waals surface area contributed by atoms with E-state index >= 15 is 0 Å². The van der Waals surface area contributed by atoms with Crippen molar-refractivity contribution in [2.24, 2.45) is 0 Å². The van der Waals surface area contributed by atoms with Crippen LogP contribution in [0.15, 0.2) is 42.5 Å². The highest BCUT2D eigenvalue weighted by Crippen LogP contribution is 2.22. The van der Waals surface area contributed by atoms with Crippen LogP contribution in [-0.2, 0) is 17.9 Å². The molecule has 0 fully saturated rings. The van der Waals surface area contributed by atoms with Gasteiger partial charge in [-0.15, -0.1) is 0 Å². The van der Waals surface area contributed by atoms with Crippen molar-refractivity contribution in [3.05, 3.63) is 59.4 Å². The summed E-state index contributed by atoms with van der Waals surface area (Å²) in [6.07, 6.45) is 0. The number of carbonyl (C=O) groups excluding carboxylic acids is 1. The largest absolute Gasteiger partial charge is 0.399 e. The Hall–Kier alpha value is -2.40. The van der Waals surface area contributed by atoms with Gasteiger partial charge in [0.25, 0.3) is 0 Å². The van der Waals surface area contributed by atoms with Crippen LogP contribution in [0.3, 0.4) is 0 Å². The number of halogens is 1. The van der Waals surface area contributed by atoms with Crippen LogP contribution in [0.2, 0.25) is 0 Å². The van der Waals surface area contributed by atoms with Gasteiger partial charge in [-0.25, -0.2) is 4.39 Å². The van der Waals surface area contributed by atoms with Crippen LogP contribution in [0.1, 0.15) is 11.1 Å². The summed E-state index contributed by atoms with van der Waals surface area (Å²) in [5.41, 5.74) is 8.61. The van der Waals surface area contributed by atoms with Gasteiger partial charge in [0.2, 0.25) is 5.91 Å². The maximum Gasteiger partial charge on any atom is 0.238 e. The molecular weight excluding hydrogens is 269 g/mol. The molecule has 1 amide bonds. The molecule has 2 aromatic carbocycles. The zero-order valence-corrected chi connectivity index (χ0v) is 11.5. The Labute approximate surface area is 122 Å². The van der Waals surface area contributed by atoms with Gasteiger partial charge in [-0.2, -0.15) is 0 Å². The molecule has 5 heteroatoms. The average molecular weight is 285 g/mol. The fraction of sp³-hybridized carbons (Fsp3) is 0.188. The van der Waals surface area contributed by atoms with Crippen molar-refractivity contribution in [3.8, 4) is 0 Å². The van der Waals surface area contributed by atoms with Gasteiger partial charge in [0, 0.05) is 18.8 Å². The monoisotopic (exact) mass is 285 g/mol. The lowest BCUT2D eigenvalue weighted by molar-refractivity contribution is -0.117. The standard InChI is InChI=1S/C16H16FN3O/c17-14-6-5-13(18)7-15(14)19-16(21)10-20-8-11-3-1-2-4-12(11)9-20/h1-7H,8-10,18H2,(H,19,21). The second kappa shape index (κ2) is 5.54. The Bertz CT molecular complexity index is 662. The smallest absolute Gasteiger partial charge is 0.238 e. The van der Waals surface area contributed by atoms with Gasteiger partial charge in [-0.3, -0.25) is 9.69 Å². The minimum absolute atomic E-state index is 0.122. The second-order valence-electron chi connectivity index (χ2n) is 5.20. The summed E-state index contributed by atoms with van der Waals surface area (Å²) in [6, 6.07) is 12.2. The van der Waals surface area contributed by atoms with Gasteiger partial charge in [0.1, 0.15) is 5.82 Å². The molecule has 3 N–H and O–H groups in total. The first-order chi connectivity index (χ1) is 10.1. The SMILES string of the molecule is Nc1ccc(F)c(NC(=O)CN2Cc3ccccc3C2)c1. The number of nitrogens with one attached hydrogen (secondary N) is 1. The summed E-state index contributed by atoms with van der Waals surface area (Å²) < 4.78 is 13.6. The molecule has 0 aromatic heterocycles. The number of carbonyl (C=O) groups is 1. The van der Waals surface area contributed by atoms with Crippen molar-refractivity contribution in [2.45, 2.75) is 13.1 Å². The molecule has 0 saturated carbocycles. The lowest BCUT2D eigenvalue weighted by Crippen LogP contribution is -2.29. The average Bonchev–Trinajstić information content (AvgIpc) is 2.84. The predicted molar refractivity (Wildman–Crippen MR) is 80.0 cm³/mol. The minimum Gasteiger partial charge on any atom is -0.399 e. The van der Waals surface area contributed by atoms with Crippen LogP contribution in [0, 0.1) is 5.82 Å². The molecule has 0 aliphatic carbocycles. The number of fused-ring (bicyclic) bond motifs is 1. The fourth-order valence-electron chi connectivity index (χ4n) is 2.55. The number of nitrogen functional groups attached to an aromatic ring is 1. The number of anilines is 2. The lowest BCUT2D eigenvalue weighted by Gasteiger charge is -2.14. The van der Waals surface area contributed by atoms with Crippen LogP contribution in [-0.4, -0.2) is 17.4 Å². The molecule has 108 valence electrons. The third-order valence-electron chi connectivity index (χ3n) is 3.54. The highest BCUT2D eigenvalue weighted by molar-refractivity contribution is 5.92. The van der Waals surface area contributed by atoms with Crippen molar-refractivity contribution in [2.75, 3.05) is 17.6 Å². The van der Waals surface area contributed by atoms with Gasteiger partial charge in [0.05, 0.1) is 12.2 Å². The molecule has 3 rings (SSSR count). The zero-order valence-electron chi connectivity index (χ0n) is 11.5. The highest BCUT2D eigenvalue weighted by atomic mass is 19.1. The first-order valence-corrected chi connectivity index (χ1v) is 6.76. The topological polar surface area (TPSA) is 58.4 Å². The number of nitrogens with zero attached hydrogens (tertiary/aromatic N) is 1. The van der Waals surface area contributed by atoms with Crippen LogP contribution in [0.4, 0.5) is 15.8 Å². The second-order valence-corrected chi connectivity index (χ2v) is 5.20. The van der Waals surface area contributed by atoms with E-state index in [4.69, 9.17) is 5.73 Å². The number of hydrogen-bond donors (Lipinski definition) is 2. The van der Waals surface area contributed by atoms with E-state index in [0.717, 1.165) is 13.1 Å². The molecule has 0 radical (unpaired) electrons. The molecule has 4 nitrogen and oxygen atoms in total. The molecular formula is C16H16FN3O. The van der Waals surface area contributed by atoms with E-state index in [1.165, 1.54) is 29.3 Å². The minimum atomic E-state index is -0.484. The van der Waals surface area contributed by atoms with E-state index in [1.807, 2.05) is 17.0 Å². The molecule has 0 spiro atoms. The highest BCUT2D eigenvalue weighted by Gasteiger charge is 2.20. The number of benzene rings is 2. The number of amides is 1. The maximum atomic E-state index is 13.6. The van der Waals surface area contributed by atoms with Crippen LogP contribution < -0.4 is 11.1 Å². The number of rotatable bonds is 3. The molecule has 2 aromatic rings. The zero-order chi connectivity index (χ0) is 14.8. The Morgan fingerprint density at radius 3 is 2.52 bits per heavy atom. The van der Waals surface area contributed by atoms with Crippen molar-refractivity contribution in [3.63, 3.8) is 0 Å². The van der Waals surface area contributed by atoms with Crippen molar-refractivity contribution < 1.29 is 9.18 Å². The van der Waals surface area contributed by atoms with E-state index in [-0.39, 0.29) is 18.1 Å². The molecule has 21 heavy (non-hydrogen) atoms. The summed E-state index contributed by atoms with van der Waals surface area (Å²) in [6.45, 7) is 1.70. The van der Waals surface area contributed by atoms with E-state index in [9.17, 15) is 9.18 Å². The third-order valence-corrected chi connectivity index (χ3v) is 3.54. The molecule has 1 aliphatic rings. The molecule has 0 unspecified atom stereocenters. The van der Waals surface area contributed by atoms with E-state index in [1.54, 1.807) is 0 Å². The van der Waals surface area contributed by atoms with Crippen LogP contribution >= 0.6 is 0 Å². The molecule has 1 aliphatic heterocycles. The lowest BCUT2D eigenvalue weighted by atomic mass is 10.1. The predicted octanol–water partition coefficient (Wildman–Crippen LogP) is 2.36. The summed E-state index contributed by atoms with van der Waals surface area (Å²) in [5.74, 6) is -0.727. The van der Waals surface area contributed by atoms with Gasteiger partial charge in [0.15, 0.2) is 0 Å². The molecule has 1 heterocycles. The quantitative estimate of drug-likeness (QED) is 0.851. The molecule has 0 atom stereocenters. The Kier molecular flexibility index (Phi) is 3.58. The van der Waals surface area contributed by atoms with Gasteiger partial charge < -0.3 is 11.1 Å². The number of nitrogens with two attached hydrogens (primary N) is 1. The van der Waals surface area contributed by atoms with Crippen molar-refractivity contribution in [1.29, 1.82) is 0 Å². The maximum absolute atomic E-state index is 13.6. The van der Waals surface area contributed by atoms with Crippen molar-refractivity contribution >= 4 is 17.3 Å². The first kappa shape index (κ1) is 13.6. The van der Waals surface area contributed by atoms with Crippen LogP contribution in [0.25, 0.3) is 0 Å². The summed E-state index contributed by atoms with van der Waals surface area (Å²) in [4.78, 5) is 14.0. The Morgan fingerprint density at radius 1 is 1.19 bits per heavy atom. The summed E-state index contributed by atoms with van der Waals surface area (Å²) >= 11 is 0. The van der Waals surface area contributed by atoms with Crippen LogP contribution in [0.5, 0.6) is 0 Å². The molecule has 0 bridgehead atoms. The Balaban J connectivity index is 1.62. The molecule has 0 saturated heterocycles. The normalized spacial score (nSPS) is 14.0. The van der Waals surface area contributed by atoms with E-state index in [2.05, 4.69) is 17.4 Å². The van der Waals surface area contributed by atoms with Crippen molar-refractivity contribution in [1.82, 2.24) is 4.90 Å². The summed E-state index contributed by atoms with van der Waals surface area (Å²) in [5, 5.41) is 2.57. The van der Waals surface area contributed by atoms with Gasteiger partial charge >= 0.3 is 0 Å². The third kappa shape index (κ3) is 3.03. The van der Waals surface area contributed by atoms with E-state index < -0.39 is 5.82 Å². The van der Waals surface area contributed by atoms with Gasteiger partial charge in [-0.1, -0.05) is 24.3 Å². The Morgan fingerprint density at radius 2 is 1.86 bits per heavy atom.